The van der Waals surface area contributed by atoms with Crippen LogP contribution in [-0.4, -0.2) is 24.1 Å². The lowest BCUT2D eigenvalue weighted by molar-refractivity contribution is -0.159. The van der Waals surface area contributed by atoms with Gasteiger partial charge >= 0.3 is 11.9 Å². The molecule has 0 bridgehead atoms. The van der Waals surface area contributed by atoms with Crippen LogP contribution in [0.15, 0.2) is 24.3 Å². The fourth-order valence-electron chi connectivity index (χ4n) is 2.01. The molecule has 0 saturated carbocycles. The Morgan fingerprint density at radius 1 is 1.50 bits per heavy atom. The molecule has 16 heavy (non-hydrogen) atoms. The van der Waals surface area contributed by atoms with Crippen LogP contribution in [0.1, 0.15) is 19.8 Å². The van der Waals surface area contributed by atoms with Crippen molar-refractivity contribution in [3.63, 3.8) is 0 Å². The minimum atomic E-state index is -0.765. The number of fused-ring (bicyclic) bond motifs is 1. The number of hydrogen-bond donors (Lipinski definition) is 0. The van der Waals surface area contributed by atoms with Crippen LogP contribution in [0, 0.1) is 5.92 Å². The standard InChI is InChI=1S/C12H14O4/c1-7(2)11(13)16-10-8-5-3-4-6-9(8)15-12(10)14/h3-4,8-10H,1,5-6H2,2H3. The zero-order valence-electron chi connectivity index (χ0n) is 9.14. The maximum atomic E-state index is 11.5. The predicted molar refractivity (Wildman–Crippen MR) is 56.4 cm³/mol. The number of carbonyl (C=O) groups is 2. The van der Waals surface area contributed by atoms with Crippen molar-refractivity contribution in [3.8, 4) is 0 Å². The third-order valence-electron chi connectivity index (χ3n) is 2.89. The maximum Gasteiger partial charge on any atom is 0.348 e. The van der Waals surface area contributed by atoms with Crippen molar-refractivity contribution in [3.05, 3.63) is 24.3 Å². The van der Waals surface area contributed by atoms with E-state index in [-0.39, 0.29) is 12.0 Å². The lowest BCUT2D eigenvalue weighted by Crippen LogP contribution is -2.31. The van der Waals surface area contributed by atoms with E-state index < -0.39 is 18.0 Å². The Morgan fingerprint density at radius 2 is 2.19 bits per heavy atom. The van der Waals surface area contributed by atoms with Crippen molar-refractivity contribution < 1.29 is 19.1 Å². The van der Waals surface area contributed by atoms with Gasteiger partial charge in [-0.05, 0) is 13.3 Å². The number of rotatable bonds is 2. The summed E-state index contributed by atoms with van der Waals surface area (Å²) in [6, 6.07) is 0. The molecular weight excluding hydrogens is 208 g/mol. The molecule has 3 atom stereocenters. The topological polar surface area (TPSA) is 52.6 Å². The molecule has 3 unspecified atom stereocenters. The van der Waals surface area contributed by atoms with Crippen molar-refractivity contribution in [1.29, 1.82) is 0 Å². The average molecular weight is 222 g/mol. The minimum Gasteiger partial charge on any atom is -0.459 e. The van der Waals surface area contributed by atoms with Crippen LogP contribution in [0.2, 0.25) is 0 Å². The van der Waals surface area contributed by atoms with Gasteiger partial charge in [-0.2, -0.15) is 0 Å². The first-order valence-electron chi connectivity index (χ1n) is 5.31. The number of esters is 2. The molecule has 2 rings (SSSR count). The van der Waals surface area contributed by atoms with Gasteiger partial charge in [-0.15, -0.1) is 0 Å². The summed E-state index contributed by atoms with van der Waals surface area (Å²) in [6.45, 7) is 5.04. The van der Waals surface area contributed by atoms with Crippen LogP contribution in [0.5, 0.6) is 0 Å². The van der Waals surface area contributed by atoms with Crippen LogP contribution < -0.4 is 0 Å². The lowest BCUT2D eigenvalue weighted by atomic mass is 9.89. The van der Waals surface area contributed by atoms with E-state index in [1.807, 2.05) is 12.2 Å². The Bertz CT molecular complexity index is 369. The highest BCUT2D eigenvalue weighted by Crippen LogP contribution is 2.33. The highest BCUT2D eigenvalue weighted by molar-refractivity contribution is 5.90. The molecule has 1 heterocycles. The van der Waals surface area contributed by atoms with Crippen LogP contribution >= 0.6 is 0 Å². The van der Waals surface area contributed by atoms with E-state index in [0.717, 1.165) is 0 Å². The summed E-state index contributed by atoms with van der Waals surface area (Å²) in [6.07, 6.45) is 4.49. The van der Waals surface area contributed by atoms with Crippen molar-refractivity contribution >= 4 is 11.9 Å². The van der Waals surface area contributed by atoms with E-state index in [9.17, 15) is 9.59 Å². The molecule has 0 amide bonds. The first-order chi connectivity index (χ1) is 7.59. The Kier molecular flexibility index (Phi) is 2.81. The second-order valence-electron chi connectivity index (χ2n) is 4.19. The van der Waals surface area contributed by atoms with E-state index in [4.69, 9.17) is 9.47 Å². The van der Waals surface area contributed by atoms with Gasteiger partial charge in [0.2, 0.25) is 6.10 Å². The largest absolute Gasteiger partial charge is 0.459 e. The van der Waals surface area contributed by atoms with Gasteiger partial charge in [-0.3, -0.25) is 0 Å². The molecular formula is C12H14O4. The van der Waals surface area contributed by atoms with Gasteiger partial charge in [-0.1, -0.05) is 18.7 Å². The van der Waals surface area contributed by atoms with Crippen LogP contribution in [-0.2, 0) is 19.1 Å². The molecule has 1 saturated heterocycles. The van der Waals surface area contributed by atoms with Crippen molar-refractivity contribution in [2.24, 2.45) is 5.92 Å². The first kappa shape index (κ1) is 10.9. The molecule has 4 nitrogen and oxygen atoms in total. The van der Waals surface area contributed by atoms with Crippen LogP contribution in [0.3, 0.4) is 0 Å². The van der Waals surface area contributed by atoms with E-state index in [2.05, 4.69) is 6.58 Å². The Hall–Kier alpha value is -1.58. The third kappa shape index (κ3) is 1.87. The fraction of sp³-hybridized carbons (Fsp3) is 0.500. The number of allylic oxidation sites excluding steroid dienone is 1. The molecule has 0 radical (unpaired) electrons. The second-order valence-corrected chi connectivity index (χ2v) is 4.19. The minimum absolute atomic E-state index is 0.0409. The molecule has 0 aromatic carbocycles. The summed E-state index contributed by atoms with van der Waals surface area (Å²) in [5.41, 5.74) is 0.294. The molecule has 86 valence electrons. The van der Waals surface area contributed by atoms with Gasteiger partial charge in [0.15, 0.2) is 0 Å². The second kappa shape index (κ2) is 4.12. The quantitative estimate of drug-likeness (QED) is 0.402. The Morgan fingerprint density at radius 3 is 2.88 bits per heavy atom. The van der Waals surface area contributed by atoms with E-state index in [1.54, 1.807) is 6.92 Å². The molecule has 0 N–H and O–H groups in total. The van der Waals surface area contributed by atoms with Gasteiger partial charge in [0.1, 0.15) is 6.10 Å². The van der Waals surface area contributed by atoms with Crippen molar-refractivity contribution in [1.82, 2.24) is 0 Å². The summed E-state index contributed by atoms with van der Waals surface area (Å²) in [5.74, 6) is -1.01. The summed E-state index contributed by atoms with van der Waals surface area (Å²) in [4.78, 5) is 22.9. The van der Waals surface area contributed by atoms with Gasteiger partial charge in [0, 0.05) is 17.9 Å². The first-order valence-corrected chi connectivity index (χ1v) is 5.31. The SMILES string of the molecule is C=C(C)C(=O)OC1C(=O)OC2CC=CCC21. The monoisotopic (exact) mass is 222 g/mol. The molecule has 4 heteroatoms. The van der Waals surface area contributed by atoms with Crippen LogP contribution in [0.4, 0.5) is 0 Å². The molecule has 1 aliphatic heterocycles. The van der Waals surface area contributed by atoms with Gasteiger partial charge < -0.3 is 9.47 Å². The zero-order valence-corrected chi connectivity index (χ0v) is 9.14. The van der Waals surface area contributed by atoms with Gasteiger partial charge in [0.05, 0.1) is 0 Å². The summed E-state index contributed by atoms with van der Waals surface area (Å²) in [5, 5.41) is 0. The highest BCUT2D eigenvalue weighted by atomic mass is 16.6. The third-order valence-corrected chi connectivity index (χ3v) is 2.89. The number of carbonyl (C=O) groups excluding carboxylic acids is 2. The Balaban J connectivity index is 2.08. The Labute approximate surface area is 93.9 Å². The highest BCUT2D eigenvalue weighted by Gasteiger charge is 2.46. The molecule has 0 aromatic rings. The summed E-state index contributed by atoms with van der Waals surface area (Å²) in [7, 11) is 0. The van der Waals surface area contributed by atoms with Gasteiger partial charge in [0.25, 0.3) is 0 Å². The zero-order chi connectivity index (χ0) is 11.7. The molecule has 0 aromatic heterocycles. The fourth-order valence-corrected chi connectivity index (χ4v) is 2.01. The summed E-state index contributed by atoms with van der Waals surface area (Å²) < 4.78 is 10.3. The molecule has 2 aliphatic rings. The molecule has 1 aliphatic carbocycles. The van der Waals surface area contributed by atoms with Crippen molar-refractivity contribution in [2.45, 2.75) is 32.0 Å². The van der Waals surface area contributed by atoms with Crippen molar-refractivity contribution in [2.75, 3.05) is 0 Å². The summed E-state index contributed by atoms with van der Waals surface area (Å²) >= 11 is 0. The van der Waals surface area contributed by atoms with Gasteiger partial charge in [-0.25, -0.2) is 9.59 Å². The van der Waals surface area contributed by atoms with Crippen LogP contribution in [0.25, 0.3) is 0 Å². The predicted octanol–water partition coefficient (Wildman–Crippen LogP) is 1.37. The van der Waals surface area contributed by atoms with E-state index in [0.29, 0.717) is 18.4 Å². The molecule has 1 fully saturated rings. The van der Waals surface area contributed by atoms with E-state index in [1.165, 1.54) is 0 Å². The smallest absolute Gasteiger partial charge is 0.348 e. The lowest BCUT2D eigenvalue weighted by Gasteiger charge is -2.21. The van der Waals surface area contributed by atoms with E-state index >= 15 is 0 Å². The molecule has 0 spiro atoms. The average Bonchev–Trinajstić information content (AvgIpc) is 2.55. The normalized spacial score (nSPS) is 31.8. The number of ether oxygens (including phenoxy) is 2. The number of hydrogen-bond acceptors (Lipinski definition) is 4. The maximum absolute atomic E-state index is 11.5.